The maximum Gasteiger partial charge on any atom is 0.191 e. The van der Waals surface area contributed by atoms with Crippen molar-refractivity contribution in [2.75, 3.05) is 13.6 Å². The van der Waals surface area contributed by atoms with Gasteiger partial charge in [0.2, 0.25) is 0 Å². The standard InChI is InChI=1S/C11H18BrN3S/c1-8(2)6-14-11(13-3)15-7-9-4-5-10(12)16-9/h4-5,8H,6-7H2,1-3H3,(H2,13,14,15). The van der Waals surface area contributed by atoms with Crippen LogP contribution in [-0.4, -0.2) is 19.6 Å². The number of nitrogens with one attached hydrogen (secondary N) is 2. The van der Waals surface area contributed by atoms with E-state index in [1.165, 1.54) is 4.88 Å². The van der Waals surface area contributed by atoms with Crippen LogP contribution in [0.1, 0.15) is 18.7 Å². The molecule has 90 valence electrons. The van der Waals surface area contributed by atoms with Crippen LogP contribution in [0.2, 0.25) is 0 Å². The third-order valence-electron chi connectivity index (χ3n) is 1.96. The summed E-state index contributed by atoms with van der Waals surface area (Å²) in [6, 6.07) is 4.17. The van der Waals surface area contributed by atoms with Crippen molar-refractivity contribution < 1.29 is 0 Å². The van der Waals surface area contributed by atoms with Crippen LogP contribution in [0.5, 0.6) is 0 Å². The number of hydrogen-bond donors (Lipinski definition) is 2. The molecule has 1 aromatic heterocycles. The molecule has 2 N–H and O–H groups in total. The van der Waals surface area contributed by atoms with E-state index < -0.39 is 0 Å². The molecule has 0 saturated heterocycles. The Balaban J connectivity index is 2.34. The second kappa shape index (κ2) is 6.91. The molecule has 5 heteroatoms. The average Bonchev–Trinajstić information content (AvgIpc) is 2.64. The van der Waals surface area contributed by atoms with Crippen molar-refractivity contribution in [3.63, 3.8) is 0 Å². The van der Waals surface area contributed by atoms with Crippen molar-refractivity contribution in [1.82, 2.24) is 10.6 Å². The first-order valence-electron chi connectivity index (χ1n) is 5.30. The van der Waals surface area contributed by atoms with Crippen molar-refractivity contribution >= 4 is 33.2 Å². The minimum absolute atomic E-state index is 0.620. The van der Waals surface area contributed by atoms with E-state index in [0.717, 1.165) is 22.8 Å². The minimum atomic E-state index is 0.620. The number of halogens is 1. The van der Waals surface area contributed by atoms with E-state index in [4.69, 9.17) is 0 Å². The van der Waals surface area contributed by atoms with Crippen LogP contribution in [0.3, 0.4) is 0 Å². The smallest absolute Gasteiger partial charge is 0.191 e. The summed E-state index contributed by atoms with van der Waals surface area (Å²) in [4.78, 5) is 5.46. The second-order valence-corrected chi connectivity index (χ2v) is 6.45. The van der Waals surface area contributed by atoms with Gasteiger partial charge in [0.05, 0.1) is 10.3 Å². The molecule has 3 nitrogen and oxygen atoms in total. The van der Waals surface area contributed by atoms with E-state index in [1.54, 1.807) is 18.4 Å². The summed E-state index contributed by atoms with van der Waals surface area (Å²) in [7, 11) is 1.79. The Hall–Kier alpha value is -0.550. The second-order valence-electron chi connectivity index (χ2n) is 3.91. The van der Waals surface area contributed by atoms with E-state index in [0.29, 0.717) is 5.92 Å². The van der Waals surface area contributed by atoms with E-state index >= 15 is 0 Å². The van der Waals surface area contributed by atoms with Crippen molar-refractivity contribution in [2.45, 2.75) is 20.4 Å². The first-order chi connectivity index (χ1) is 7.61. The average molecular weight is 304 g/mol. The number of guanidine groups is 1. The van der Waals surface area contributed by atoms with Gasteiger partial charge in [-0.1, -0.05) is 13.8 Å². The first-order valence-corrected chi connectivity index (χ1v) is 6.91. The summed E-state index contributed by atoms with van der Waals surface area (Å²) in [6.07, 6.45) is 0. The Morgan fingerprint density at radius 3 is 2.69 bits per heavy atom. The van der Waals surface area contributed by atoms with E-state index in [1.807, 2.05) is 0 Å². The van der Waals surface area contributed by atoms with Gasteiger partial charge in [0, 0.05) is 18.5 Å². The van der Waals surface area contributed by atoms with Crippen LogP contribution >= 0.6 is 27.3 Å². The SMILES string of the molecule is CN=C(NCc1ccc(Br)s1)NCC(C)C. The van der Waals surface area contributed by atoms with Gasteiger partial charge in [-0.3, -0.25) is 4.99 Å². The predicted molar refractivity (Wildman–Crippen MR) is 75.1 cm³/mol. The summed E-state index contributed by atoms with van der Waals surface area (Å²) in [5.41, 5.74) is 0. The lowest BCUT2D eigenvalue weighted by Gasteiger charge is -2.12. The molecule has 0 atom stereocenters. The highest BCUT2D eigenvalue weighted by molar-refractivity contribution is 9.11. The molecule has 1 heterocycles. The highest BCUT2D eigenvalue weighted by atomic mass is 79.9. The lowest BCUT2D eigenvalue weighted by molar-refractivity contribution is 0.615. The quantitative estimate of drug-likeness (QED) is 0.663. The molecule has 0 aliphatic heterocycles. The molecule has 0 aliphatic carbocycles. The summed E-state index contributed by atoms with van der Waals surface area (Å²) in [6.45, 7) is 6.11. The molecule has 0 amide bonds. The Kier molecular flexibility index (Phi) is 5.84. The van der Waals surface area contributed by atoms with Crippen molar-refractivity contribution in [3.05, 3.63) is 20.8 Å². The Labute approximate surface area is 109 Å². The highest BCUT2D eigenvalue weighted by Gasteiger charge is 2.01. The van der Waals surface area contributed by atoms with Gasteiger partial charge < -0.3 is 10.6 Å². The van der Waals surface area contributed by atoms with Gasteiger partial charge in [0.1, 0.15) is 0 Å². The topological polar surface area (TPSA) is 36.4 Å². The van der Waals surface area contributed by atoms with Crippen LogP contribution in [0, 0.1) is 5.92 Å². The van der Waals surface area contributed by atoms with E-state index in [-0.39, 0.29) is 0 Å². The molecular formula is C11H18BrN3S. The first kappa shape index (κ1) is 13.5. The predicted octanol–water partition coefficient (Wildman–Crippen LogP) is 2.83. The Morgan fingerprint density at radius 1 is 1.44 bits per heavy atom. The van der Waals surface area contributed by atoms with E-state index in [2.05, 4.69) is 57.5 Å². The van der Waals surface area contributed by atoms with Gasteiger partial charge in [0.25, 0.3) is 0 Å². The summed E-state index contributed by atoms with van der Waals surface area (Å²) in [5, 5.41) is 6.56. The zero-order valence-corrected chi connectivity index (χ0v) is 12.3. The van der Waals surface area contributed by atoms with Crippen LogP contribution in [0.15, 0.2) is 20.9 Å². The van der Waals surface area contributed by atoms with Crippen molar-refractivity contribution in [3.8, 4) is 0 Å². The fourth-order valence-corrected chi connectivity index (χ4v) is 2.56. The lowest BCUT2D eigenvalue weighted by atomic mass is 10.2. The minimum Gasteiger partial charge on any atom is -0.356 e. The fraction of sp³-hybridized carbons (Fsp3) is 0.545. The maximum absolute atomic E-state index is 4.17. The molecule has 0 fully saturated rings. The van der Waals surface area contributed by atoms with Crippen LogP contribution in [-0.2, 0) is 6.54 Å². The molecule has 1 aromatic rings. The number of aliphatic imine (C=N–C) groups is 1. The number of thiophene rings is 1. The molecule has 16 heavy (non-hydrogen) atoms. The normalized spacial score (nSPS) is 11.9. The Bertz CT molecular complexity index is 347. The molecule has 0 aliphatic rings. The van der Waals surface area contributed by atoms with Crippen molar-refractivity contribution in [1.29, 1.82) is 0 Å². The molecular weight excluding hydrogens is 286 g/mol. The summed E-state index contributed by atoms with van der Waals surface area (Å²) < 4.78 is 1.16. The number of rotatable bonds is 4. The fourth-order valence-electron chi connectivity index (χ4n) is 1.14. The molecule has 0 radical (unpaired) electrons. The third-order valence-corrected chi connectivity index (χ3v) is 3.58. The maximum atomic E-state index is 4.17. The Morgan fingerprint density at radius 2 is 2.19 bits per heavy atom. The van der Waals surface area contributed by atoms with E-state index in [9.17, 15) is 0 Å². The number of nitrogens with zero attached hydrogens (tertiary/aromatic N) is 1. The van der Waals surface area contributed by atoms with Gasteiger partial charge in [-0.25, -0.2) is 0 Å². The van der Waals surface area contributed by atoms with Gasteiger partial charge in [0.15, 0.2) is 5.96 Å². The summed E-state index contributed by atoms with van der Waals surface area (Å²) in [5.74, 6) is 1.48. The lowest BCUT2D eigenvalue weighted by Crippen LogP contribution is -2.38. The molecule has 0 spiro atoms. The molecule has 0 unspecified atom stereocenters. The summed E-state index contributed by atoms with van der Waals surface area (Å²) >= 11 is 5.19. The molecule has 0 aromatic carbocycles. The third kappa shape index (κ3) is 4.99. The molecule has 0 saturated carbocycles. The van der Waals surface area contributed by atoms with Crippen molar-refractivity contribution in [2.24, 2.45) is 10.9 Å². The van der Waals surface area contributed by atoms with Crippen LogP contribution in [0.25, 0.3) is 0 Å². The number of hydrogen-bond acceptors (Lipinski definition) is 2. The molecule has 1 rings (SSSR count). The van der Waals surface area contributed by atoms with Gasteiger partial charge in [-0.2, -0.15) is 0 Å². The largest absolute Gasteiger partial charge is 0.356 e. The molecule has 0 bridgehead atoms. The van der Waals surface area contributed by atoms with Crippen LogP contribution in [0.4, 0.5) is 0 Å². The zero-order chi connectivity index (χ0) is 12.0. The van der Waals surface area contributed by atoms with Crippen LogP contribution < -0.4 is 10.6 Å². The van der Waals surface area contributed by atoms with Gasteiger partial charge >= 0.3 is 0 Å². The van der Waals surface area contributed by atoms with Gasteiger partial charge in [-0.15, -0.1) is 11.3 Å². The highest BCUT2D eigenvalue weighted by Crippen LogP contribution is 2.21. The monoisotopic (exact) mass is 303 g/mol. The zero-order valence-electron chi connectivity index (χ0n) is 9.88. The van der Waals surface area contributed by atoms with Gasteiger partial charge in [-0.05, 0) is 34.0 Å².